The molecular formula is C27H28ClFN2O4S. The molecule has 0 unspecified atom stereocenters. The molecule has 0 spiro atoms. The molecule has 2 N–H and O–H groups in total. The maximum atomic E-state index is 13.1. The van der Waals surface area contributed by atoms with Gasteiger partial charge in [-0.2, -0.15) is 0 Å². The number of rotatable bonds is 8. The first-order valence-corrected chi connectivity index (χ1v) is 13.1. The first-order chi connectivity index (χ1) is 17.3. The van der Waals surface area contributed by atoms with Gasteiger partial charge >= 0.3 is 5.97 Å². The van der Waals surface area contributed by atoms with Crippen molar-refractivity contribution in [1.82, 2.24) is 9.88 Å². The van der Waals surface area contributed by atoms with E-state index in [4.69, 9.17) is 16.3 Å². The van der Waals surface area contributed by atoms with Crippen LogP contribution in [0.2, 0.25) is 5.02 Å². The number of ether oxygens (including phenoxy) is 1. The predicted molar refractivity (Wildman–Crippen MR) is 139 cm³/mol. The number of nitrogens with zero attached hydrogens (tertiary/aromatic N) is 2. The summed E-state index contributed by atoms with van der Waals surface area (Å²) in [5.41, 5.74) is 1.34. The van der Waals surface area contributed by atoms with E-state index in [1.54, 1.807) is 13.3 Å². The lowest BCUT2D eigenvalue weighted by Crippen LogP contribution is -2.41. The number of carboxylic acids is 1. The van der Waals surface area contributed by atoms with E-state index >= 15 is 0 Å². The third-order valence-electron chi connectivity index (χ3n) is 6.71. The molecule has 1 aliphatic rings. The summed E-state index contributed by atoms with van der Waals surface area (Å²) < 4.78 is 18.5. The van der Waals surface area contributed by atoms with Gasteiger partial charge in [-0.05, 0) is 55.8 Å². The molecule has 6 nitrogen and oxygen atoms in total. The normalized spacial score (nSPS) is 19.0. The summed E-state index contributed by atoms with van der Waals surface area (Å²) in [7, 11) is 1.58. The second-order valence-electron chi connectivity index (χ2n) is 9.07. The molecule has 3 heterocycles. The van der Waals surface area contributed by atoms with Crippen molar-refractivity contribution in [2.45, 2.75) is 31.8 Å². The first-order valence-electron chi connectivity index (χ1n) is 11.8. The van der Waals surface area contributed by atoms with E-state index in [9.17, 15) is 19.4 Å². The highest BCUT2D eigenvalue weighted by Gasteiger charge is 2.31. The van der Waals surface area contributed by atoms with E-state index in [0.29, 0.717) is 47.1 Å². The van der Waals surface area contributed by atoms with Gasteiger partial charge in [-0.3, -0.25) is 14.7 Å². The molecule has 1 aromatic carbocycles. The monoisotopic (exact) mass is 530 g/mol. The van der Waals surface area contributed by atoms with Crippen LogP contribution < -0.4 is 4.74 Å². The summed E-state index contributed by atoms with van der Waals surface area (Å²) in [6, 6.07) is 6.88. The Labute approximate surface area is 218 Å². The molecule has 0 saturated carbocycles. The van der Waals surface area contributed by atoms with Crippen LogP contribution in [0, 0.1) is 29.5 Å². The lowest BCUT2D eigenvalue weighted by molar-refractivity contribution is -0.139. The molecule has 9 heteroatoms. The molecule has 1 fully saturated rings. The molecule has 3 aromatic rings. The number of pyridine rings is 1. The van der Waals surface area contributed by atoms with E-state index in [2.05, 4.69) is 21.7 Å². The van der Waals surface area contributed by atoms with Crippen molar-refractivity contribution < 1.29 is 24.1 Å². The van der Waals surface area contributed by atoms with Gasteiger partial charge < -0.3 is 14.9 Å². The highest BCUT2D eigenvalue weighted by atomic mass is 35.5. The van der Waals surface area contributed by atoms with Crippen LogP contribution in [0.5, 0.6) is 5.75 Å². The van der Waals surface area contributed by atoms with E-state index < -0.39 is 12.1 Å². The number of fused-ring (bicyclic) bond motifs is 1. The van der Waals surface area contributed by atoms with E-state index in [0.717, 1.165) is 23.9 Å². The summed E-state index contributed by atoms with van der Waals surface area (Å²) in [5.74, 6) is 5.71. The summed E-state index contributed by atoms with van der Waals surface area (Å²) in [5, 5.41) is 23.2. The highest BCUT2D eigenvalue weighted by Crippen LogP contribution is 2.37. The van der Waals surface area contributed by atoms with E-state index in [1.807, 2.05) is 18.2 Å². The summed E-state index contributed by atoms with van der Waals surface area (Å²) in [6.45, 7) is 1.92. The van der Waals surface area contributed by atoms with Crippen LogP contribution in [0.3, 0.4) is 0 Å². The van der Waals surface area contributed by atoms with Gasteiger partial charge in [0.25, 0.3) is 0 Å². The Morgan fingerprint density at radius 3 is 2.94 bits per heavy atom. The summed E-state index contributed by atoms with van der Waals surface area (Å²) >= 11 is 7.71. The SMILES string of the molecule is COc1ccc2ncc(Cl)c([C@@H](O)CC[C@@H]3CCN(CC#Cc4cc(F)cs4)C[C@@H]3CC(=O)O)c2c1. The van der Waals surface area contributed by atoms with Crippen LogP contribution in [-0.4, -0.2) is 52.8 Å². The number of aliphatic carboxylic acids is 1. The Kier molecular flexibility index (Phi) is 8.81. The molecule has 0 aliphatic carbocycles. The number of methoxy groups -OCH3 is 1. The number of carboxylic acid groups (broad SMARTS) is 1. The minimum atomic E-state index is -0.831. The molecule has 190 valence electrons. The highest BCUT2D eigenvalue weighted by molar-refractivity contribution is 7.10. The summed E-state index contributed by atoms with van der Waals surface area (Å²) in [4.78, 5) is 18.7. The second kappa shape index (κ2) is 12.0. The van der Waals surface area contributed by atoms with Crippen molar-refractivity contribution in [2.24, 2.45) is 11.8 Å². The number of benzene rings is 1. The van der Waals surface area contributed by atoms with Gasteiger partial charge in [0, 0.05) is 41.6 Å². The molecular weight excluding hydrogens is 503 g/mol. The lowest BCUT2D eigenvalue weighted by atomic mass is 9.79. The minimum absolute atomic E-state index is 0.0471. The zero-order valence-electron chi connectivity index (χ0n) is 19.9. The van der Waals surface area contributed by atoms with Gasteiger partial charge in [-0.25, -0.2) is 4.39 Å². The number of hydrogen-bond donors (Lipinski definition) is 2. The van der Waals surface area contributed by atoms with Crippen molar-refractivity contribution in [1.29, 1.82) is 0 Å². The Balaban J connectivity index is 1.42. The average molecular weight is 531 g/mol. The van der Waals surface area contributed by atoms with Crippen LogP contribution in [0.15, 0.2) is 35.8 Å². The smallest absolute Gasteiger partial charge is 0.303 e. The van der Waals surface area contributed by atoms with Gasteiger partial charge in [-0.1, -0.05) is 23.4 Å². The number of aliphatic hydroxyl groups excluding tert-OH is 1. The molecule has 0 bridgehead atoms. The quantitative estimate of drug-likeness (QED) is 0.381. The fourth-order valence-corrected chi connectivity index (χ4v) is 5.80. The summed E-state index contributed by atoms with van der Waals surface area (Å²) in [6.07, 6.45) is 2.76. The molecule has 0 amide bonds. The largest absolute Gasteiger partial charge is 0.497 e. The van der Waals surface area contributed by atoms with Crippen LogP contribution >= 0.6 is 22.9 Å². The van der Waals surface area contributed by atoms with E-state index in [1.165, 1.54) is 22.8 Å². The van der Waals surface area contributed by atoms with Crippen molar-refractivity contribution in [3.63, 3.8) is 0 Å². The number of aliphatic hydroxyl groups is 1. The van der Waals surface area contributed by atoms with Crippen molar-refractivity contribution in [3.8, 4) is 17.6 Å². The lowest BCUT2D eigenvalue weighted by Gasteiger charge is -2.37. The average Bonchev–Trinajstić information content (AvgIpc) is 3.27. The minimum Gasteiger partial charge on any atom is -0.497 e. The van der Waals surface area contributed by atoms with Crippen LogP contribution in [-0.2, 0) is 4.79 Å². The standard InChI is InChI=1S/C27H28ClFN2O4S/c1-35-20-5-6-24-22(13-20)27(23(28)14-30-24)25(32)7-4-17-8-10-31(15-18(17)11-26(33)34)9-2-3-21-12-19(29)16-36-21/h5-6,12-14,16-18,25,32H,4,7-11,15H2,1H3,(H,33,34)/t17-,18+,25+/m1/s1. The molecule has 1 aliphatic heterocycles. The topological polar surface area (TPSA) is 82.9 Å². The number of hydrogen-bond acceptors (Lipinski definition) is 6. The third-order valence-corrected chi connectivity index (χ3v) is 7.82. The first kappa shape index (κ1) is 26.4. The van der Waals surface area contributed by atoms with Gasteiger partial charge in [0.2, 0.25) is 0 Å². The van der Waals surface area contributed by atoms with Crippen LogP contribution in [0.1, 0.15) is 42.2 Å². The number of piperidine rings is 1. The number of carbonyl (C=O) groups is 1. The maximum Gasteiger partial charge on any atom is 0.303 e. The van der Waals surface area contributed by atoms with Crippen molar-refractivity contribution in [3.05, 3.63) is 57.1 Å². The zero-order valence-corrected chi connectivity index (χ0v) is 21.5. The second-order valence-corrected chi connectivity index (χ2v) is 10.4. The zero-order chi connectivity index (χ0) is 25.7. The molecule has 3 atom stereocenters. The predicted octanol–water partition coefficient (Wildman–Crippen LogP) is 5.38. The number of halogens is 2. The fraction of sp³-hybridized carbons (Fsp3) is 0.407. The Morgan fingerprint density at radius 1 is 1.39 bits per heavy atom. The van der Waals surface area contributed by atoms with Gasteiger partial charge in [0.1, 0.15) is 11.6 Å². The Hall–Kier alpha value is -2.70. The Bertz CT molecular complexity index is 1290. The van der Waals surface area contributed by atoms with Gasteiger partial charge in [-0.15, -0.1) is 11.3 Å². The number of aromatic nitrogens is 1. The van der Waals surface area contributed by atoms with Crippen molar-refractivity contribution in [2.75, 3.05) is 26.7 Å². The molecule has 36 heavy (non-hydrogen) atoms. The van der Waals surface area contributed by atoms with Gasteiger partial charge in [0.15, 0.2) is 0 Å². The van der Waals surface area contributed by atoms with Crippen LogP contribution in [0.4, 0.5) is 4.39 Å². The molecule has 2 aromatic heterocycles. The maximum absolute atomic E-state index is 13.1. The fourth-order valence-electron chi connectivity index (χ4n) is 4.90. The number of likely N-dealkylation sites (tertiary alicyclic amines) is 1. The third kappa shape index (κ3) is 6.54. The molecule has 0 radical (unpaired) electrons. The molecule has 4 rings (SSSR count). The Morgan fingerprint density at radius 2 is 2.22 bits per heavy atom. The molecule has 1 saturated heterocycles. The number of thiophene rings is 1. The van der Waals surface area contributed by atoms with Crippen molar-refractivity contribution >= 4 is 39.8 Å². The van der Waals surface area contributed by atoms with Gasteiger partial charge in [0.05, 0.1) is 35.2 Å². The van der Waals surface area contributed by atoms with Crippen LogP contribution in [0.25, 0.3) is 10.9 Å². The van der Waals surface area contributed by atoms with E-state index in [-0.39, 0.29) is 24.1 Å².